The molecule has 0 spiro atoms. The van der Waals surface area contributed by atoms with Crippen molar-refractivity contribution < 1.29 is 0 Å². The van der Waals surface area contributed by atoms with Crippen LogP contribution in [0, 0.1) is 6.92 Å². The Hall–Kier alpha value is -1.52. The minimum absolute atomic E-state index is 0.772. The van der Waals surface area contributed by atoms with Crippen LogP contribution in [0.1, 0.15) is 11.3 Å². The highest BCUT2D eigenvalue weighted by Crippen LogP contribution is 2.01. The lowest BCUT2D eigenvalue weighted by Gasteiger charge is -2.04. The van der Waals surface area contributed by atoms with Gasteiger partial charge in [-0.25, -0.2) is 0 Å². The third-order valence-electron chi connectivity index (χ3n) is 2.05. The number of nitrogens with zero attached hydrogens (tertiary/aromatic N) is 2. The van der Waals surface area contributed by atoms with Crippen LogP contribution in [0.2, 0.25) is 0 Å². The van der Waals surface area contributed by atoms with E-state index in [1.54, 1.807) is 0 Å². The molecule has 3 N–H and O–H groups in total. The van der Waals surface area contributed by atoms with Crippen molar-refractivity contribution in [2.75, 3.05) is 13.1 Å². The van der Waals surface area contributed by atoms with E-state index < -0.39 is 0 Å². The van der Waals surface area contributed by atoms with Crippen molar-refractivity contribution in [2.24, 2.45) is 4.99 Å². The van der Waals surface area contributed by atoms with Crippen LogP contribution in [0.25, 0.3) is 0 Å². The highest BCUT2D eigenvalue weighted by atomic mass is 15.2. The average molecular weight is 179 g/mol. The van der Waals surface area contributed by atoms with Crippen molar-refractivity contribution in [2.45, 2.75) is 13.5 Å². The van der Waals surface area contributed by atoms with E-state index in [4.69, 9.17) is 0 Å². The molecule has 0 aliphatic carbocycles. The first-order chi connectivity index (χ1) is 6.36. The Balaban J connectivity index is 1.89. The molecule has 0 atom stereocenters. The summed E-state index contributed by atoms with van der Waals surface area (Å²) >= 11 is 0. The molecule has 5 heteroatoms. The topological polar surface area (TPSA) is 65.1 Å². The molecule has 0 saturated heterocycles. The van der Waals surface area contributed by atoms with Gasteiger partial charge in [0.25, 0.3) is 0 Å². The fourth-order valence-corrected chi connectivity index (χ4v) is 1.25. The molecule has 5 nitrogen and oxygen atoms in total. The standard InChI is InChI=1S/C8H13N5/c1-6-7(5-12-13-6)4-11-8-9-2-3-10-8/h5H,2-4H2,1H3,(H,12,13)(H2,9,10,11). The van der Waals surface area contributed by atoms with E-state index in [-0.39, 0.29) is 0 Å². The predicted molar refractivity (Wildman–Crippen MR) is 50.5 cm³/mol. The third kappa shape index (κ3) is 1.80. The van der Waals surface area contributed by atoms with Crippen molar-refractivity contribution in [3.8, 4) is 0 Å². The highest BCUT2D eigenvalue weighted by Gasteiger charge is 2.05. The minimum Gasteiger partial charge on any atom is -0.355 e. The Kier molecular flexibility index (Phi) is 2.16. The molecule has 2 rings (SSSR count). The van der Waals surface area contributed by atoms with Gasteiger partial charge in [-0.05, 0) is 6.92 Å². The zero-order valence-electron chi connectivity index (χ0n) is 7.59. The molecule has 0 fully saturated rings. The van der Waals surface area contributed by atoms with Gasteiger partial charge >= 0.3 is 0 Å². The number of aryl methyl sites for hydroxylation is 1. The first-order valence-electron chi connectivity index (χ1n) is 4.37. The minimum atomic E-state index is 0.772. The van der Waals surface area contributed by atoms with Crippen molar-refractivity contribution in [3.63, 3.8) is 0 Å². The highest BCUT2D eigenvalue weighted by molar-refractivity contribution is 5.81. The fraction of sp³-hybridized carbons (Fsp3) is 0.500. The maximum Gasteiger partial charge on any atom is 0.191 e. The summed E-state index contributed by atoms with van der Waals surface area (Å²) in [6.45, 7) is 4.58. The molecule has 70 valence electrons. The summed E-state index contributed by atoms with van der Waals surface area (Å²) in [6.07, 6.45) is 1.83. The maximum absolute atomic E-state index is 4.23. The smallest absolute Gasteiger partial charge is 0.191 e. The number of guanidine groups is 1. The second-order valence-electron chi connectivity index (χ2n) is 3.03. The quantitative estimate of drug-likeness (QED) is 0.587. The van der Waals surface area contributed by atoms with Gasteiger partial charge in [-0.3, -0.25) is 10.1 Å². The van der Waals surface area contributed by atoms with Gasteiger partial charge in [-0.15, -0.1) is 0 Å². The molecule has 13 heavy (non-hydrogen) atoms. The van der Waals surface area contributed by atoms with Crippen LogP contribution < -0.4 is 10.6 Å². The van der Waals surface area contributed by atoms with E-state index in [9.17, 15) is 0 Å². The molecule has 2 heterocycles. The van der Waals surface area contributed by atoms with E-state index in [2.05, 4.69) is 25.8 Å². The Morgan fingerprint density at radius 3 is 3.15 bits per heavy atom. The van der Waals surface area contributed by atoms with E-state index in [1.165, 1.54) is 5.56 Å². The summed E-state index contributed by atoms with van der Waals surface area (Å²) in [6, 6.07) is 0. The largest absolute Gasteiger partial charge is 0.355 e. The van der Waals surface area contributed by atoms with Gasteiger partial charge in [0.2, 0.25) is 0 Å². The lowest BCUT2D eigenvalue weighted by Crippen LogP contribution is -2.33. The Bertz CT molecular complexity index is 314. The number of rotatable bonds is 2. The van der Waals surface area contributed by atoms with Gasteiger partial charge in [0.15, 0.2) is 5.96 Å². The normalized spacial score (nSPS) is 15.3. The van der Waals surface area contributed by atoms with E-state index >= 15 is 0 Å². The molecule has 0 saturated carbocycles. The van der Waals surface area contributed by atoms with Gasteiger partial charge in [-0.2, -0.15) is 5.10 Å². The molecule has 0 aromatic carbocycles. The molecular formula is C8H13N5. The first kappa shape index (κ1) is 8.10. The van der Waals surface area contributed by atoms with Gasteiger partial charge in [-0.1, -0.05) is 0 Å². The van der Waals surface area contributed by atoms with Gasteiger partial charge in [0.1, 0.15) is 0 Å². The summed E-state index contributed by atoms with van der Waals surface area (Å²) in [5, 5.41) is 13.2. The lowest BCUT2D eigenvalue weighted by atomic mass is 10.3. The van der Waals surface area contributed by atoms with E-state index in [1.807, 2.05) is 13.1 Å². The fourth-order valence-electron chi connectivity index (χ4n) is 1.25. The van der Waals surface area contributed by atoms with Gasteiger partial charge < -0.3 is 10.6 Å². The van der Waals surface area contributed by atoms with Crippen molar-refractivity contribution in [1.29, 1.82) is 0 Å². The number of hydrogen-bond donors (Lipinski definition) is 3. The molecule has 0 amide bonds. The maximum atomic E-state index is 4.23. The zero-order chi connectivity index (χ0) is 9.10. The SMILES string of the molecule is Cc1[nH]ncc1CNC1=NCCN1. The zero-order valence-corrected chi connectivity index (χ0v) is 7.59. The summed E-state index contributed by atoms with van der Waals surface area (Å²) in [5.41, 5.74) is 2.28. The van der Waals surface area contributed by atoms with Crippen LogP contribution in [-0.2, 0) is 6.54 Å². The molecule has 1 aliphatic heterocycles. The number of nitrogens with one attached hydrogen (secondary N) is 3. The Morgan fingerprint density at radius 2 is 2.54 bits per heavy atom. The molecule has 1 aromatic rings. The van der Waals surface area contributed by atoms with Crippen molar-refractivity contribution in [3.05, 3.63) is 17.5 Å². The first-order valence-corrected chi connectivity index (χ1v) is 4.37. The third-order valence-corrected chi connectivity index (χ3v) is 2.05. The summed E-state index contributed by atoms with van der Waals surface area (Å²) < 4.78 is 0. The lowest BCUT2D eigenvalue weighted by molar-refractivity contribution is 0.862. The molecule has 0 unspecified atom stereocenters. The number of aromatic nitrogens is 2. The van der Waals surface area contributed by atoms with Crippen LogP contribution in [-0.4, -0.2) is 29.2 Å². The molecule has 0 bridgehead atoms. The Labute approximate surface area is 76.6 Å². The number of hydrogen-bond acceptors (Lipinski definition) is 4. The predicted octanol–water partition coefficient (Wildman–Crippen LogP) is -0.233. The van der Waals surface area contributed by atoms with Crippen LogP contribution in [0.5, 0.6) is 0 Å². The monoisotopic (exact) mass is 179 g/mol. The van der Waals surface area contributed by atoms with E-state index in [0.29, 0.717) is 0 Å². The second-order valence-corrected chi connectivity index (χ2v) is 3.03. The molecule has 1 aliphatic rings. The average Bonchev–Trinajstić information content (AvgIpc) is 2.72. The summed E-state index contributed by atoms with van der Waals surface area (Å²) in [5.74, 6) is 0.889. The number of aromatic amines is 1. The van der Waals surface area contributed by atoms with E-state index in [0.717, 1.165) is 31.3 Å². The van der Waals surface area contributed by atoms with Crippen LogP contribution in [0.3, 0.4) is 0 Å². The number of H-pyrrole nitrogens is 1. The van der Waals surface area contributed by atoms with Crippen molar-refractivity contribution in [1.82, 2.24) is 20.8 Å². The molecule has 0 radical (unpaired) electrons. The molecular weight excluding hydrogens is 166 g/mol. The van der Waals surface area contributed by atoms with Crippen LogP contribution >= 0.6 is 0 Å². The number of aliphatic imine (C=N–C) groups is 1. The van der Waals surface area contributed by atoms with Crippen molar-refractivity contribution >= 4 is 5.96 Å². The second kappa shape index (κ2) is 3.47. The molecule has 1 aromatic heterocycles. The Morgan fingerprint density at radius 1 is 1.62 bits per heavy atom. The summed E-state index contributed by atoms with van der Waals surface area (Å²) in [7, 11) is 0. The summed E-state index contributed by atoms with van der Waals surface area (Å²) in [4.78, 5) is 4.23. The van der Waals surface area contributed by atoms with Crippen LogP contribution in [0.4, 0.5) is 0 Å². The van der Waals surface area contributed by atoms with Crippen LogP contribution in [0.15, 0.2) is 11.2 Å². The van der Waals surface area contributed by atoms with Gasteiger partial charge in [0.05, 0.1) is 12.7 Å². The van der Waals surface area contributed by atoms with Gasteiger partial charge in [0, 0.05) is 24.3 Å².